The number of amides is 3. The second kappa shape index (κ2) is 10.5. The van der Waals surface area contributed by atoms with Gasteiger partial charge in [-0.3, -0.25) is 9.69 Å². The van der Waals surface area contributed by atoms with Gasteiger partial charge in [-0.15, -0.1) is 0 Å². The van der Waals surface area contributed by atoms with E-state index in [0.717, 1.165) is 12.0 Å². The van der Waals surface area contributed by atoms with E-state index in [-0.39, 0.29) is 25.6 Å². The topological polar surface area (TPSA) is 99.8 Å². The lowest BCUT2D eigenvalue weighted by Crippen LogP contribution is -2.48. The maximum atomic E-state index is 12.7. The number of nitrogens with one attached hydrogen (secondary N) is 3. The van der Waals surface area contributed by atoms with E-state index in [0.29, 0.717) is 17.8 Å². The molecule has 8 nitrogen and oxygen atoms in total. The van der Waals surface area contributed by atoms with Gasteiger partial charge in [-0.2, -0.15) is 0 Å². The SMILES string of the molecule is CCCNC(=O)CN(C)CC1=C(C(=O)OCC)C(c2ccccc2)NC(=O)N1. The van der Waals surface area contributed by atoms with Gasteiger partial charge in [0.25, 0.3) is 0 Å². The third-order valence-electron chi connectivity index (χ3n) is 4.20. The smallest absolute Gasteiger partial charge is 0.338 e. The van der Waals surface area contributed by atoms with Crippen molar-refractivity contribution in [3.05, 3.63) is 47.2 Å². The van der Waals surface area contributed by atoms with E-state index in [2.05, 4.69) is 16.0 Å². The molecule has 0 aromatic heterocycles. The van der Waals surface area contributed by atoms with E-state index in [9.17, 15) is 14.4 Å². The number of hydrogen-bond acceptors (Lipinski definition) is 5. The van der Waals surface area contributed by atoms with Gasteiger partial charge in [0.2, 0.25) is 5.91 Å². The molecule has 0 radical (unpaired) electrons. The maximum absolute atomic E-state index is 12.7. The normalized spacial score (nSPS) is 16.4. The molecule has 0 fully saturated rings. The largest absolute Gasteiger partial charge is 0.463 e. The van der Waals surface area contributed by atoms with E-state index >= 15 is 0 Å². The summed E-state index contributed by atoms with van der Waals surface area (Å²) in [4.78, 5) is 38.6. The number of benzene rings is 1. The van der Waals surface area contributed by atoms with Crippen molar-refractivity contribution >= 4 is 17.9 Å². The van der Waals surface area contributed by atoms with Crippen LogP contribution in [-0.4, -0.2) is 56.1 Å². The summed E-state index contributed by atoms with van der Waals surface area (Å²) in [5.74, 6) is -0.606. The highest BCUT2D eigenvalue weighted by Crippen LogP contribution is 2.27. The molecule has 1 aromatic rings. The molecular weight excluding hydrogens is 360 g/mol. The summed E-state index contributed by atoms with van der Waals surface area (Å²) in [5.41, 5.74) is 1.55. The number of carbonyl (C=O) groups is 3. The van der Waals surface area contributed by atoms with E-state index < -0.39 is 18.0 Å². The highest BCUT2D eigenvalue weighted by molar-refractivity contribution is 5.95. The Morgan fingerprint density at radius 3 is 2.57 bits per heavy atom. The lowest BCUT2D eigenvalue weighted by atomic mass is 9.95. The summed E-state index contributed by atoms with van der Waals surface area (Å²) in [6.07, 6.45) is 0.855. The van der Waals surface area contributed by atoms with Crippen LogP contribution in [0.5, 0.6) is 0 Å². The summed E-state index contributed by atoms with van der Waals surface area (Å²) in [6.45, 7) is 4.92. The number of ether oxygens (including phenoxy) is 1. The summed E-state index contributed by atoms with van der Waals surface area (Å²) in [5, 5.41) is 8.31. The number of urea groups is 1. The fourth-order valence-electron chi connectivity index (χ4n) is 2.98. The standard InChI is InChI=1S/C20H28N4O4/c1-4-11-21-16(25)13-24(3)12-15-17(19(26)28-5-2)18(23-20(27)22-15)14-9-7-6-8-10-14/h6-10,18H,4-5,11-13H2,1-3H3,(H,21,25)(H2,22,23,27). The Morgan fingerprint density at radius 1 is 1.21 bits per heavy atom. The summed E-state index contributed by atoms with van der Waals surface area (Å²) < 4.78 is 5.23. The van der Waals surface area contributed by atoms with E-state index in [1.54, 1.807) is 18.9 Å². The summed E-state index contributed by atoms with van der Waals surface area (Å²) in [6, 6.07) is 8.21. The first kappa shape index (κ1) is 21.4. The Hall–Kier alpha value is -2.87. The molecule has 2 rings (SSSR count). The van der Waals surface area contributed by atoms with Crippen molar-refractivity contribution in [2.45, 2.75) is 26.3 Å². The van der Waals surface area contributed by atoms with Gasteiger partial charge in [0.1, 0.15) is 0 Å². The molecule has 1 atom stereocenters. The van der Waals surface area contributed by atoms with Crippen molar-refractivity contribution in [2.24, 2.45) is 0 Å². The molecule has 1 aliphatic rings. The minimum atomic E-state index is -0.619. The third-order valence-corrected chi connectivity index (χ3v) is 4.20. The average Bonchev–Trinajstić information content (AvgIpc) is 2.66. The van der Waals surface area contributed by atoms with Crippen molar-refractivity contribution in [1.82, 2.24) is 20.9 Å². The molecule has 0 saturated carbocycles. The Bertz CT molecular complexity index is 733. The number of carbonyl (C=O) groups excluding carboxylic acids is 3. The predicted octanol–water partition coefficient (Wildman–Crippen LogP) is 1.32. The minimum absolute atomic E-state index is 0.109. The van der Waals surface area contributed by atoms with E-state index in [1.807, 2.05) is 37.3 Å². The molecule has 1 unspecified atom stereocenters. The number of nitrogens with zero attached hydrogens (tertiary/aromatic N) is 1. The molecule has 3 N–H and O–H groups in total. The Kier molecular flexibility index (Phi) is 8.01. The van der Waals surface area contributed by atoms with Gasteiger partial charge in [-0.25, -0.2) is 9.59 Å². The van der Waals surface area contributed by atoms with Gasteiger partial charge in [0.05, 0.1) is 24.8 Å². The van der Waals surface area contributed by atoms with Crippen LogP contribution in [0.15, 0.2) is 41.6 Å². The third kappa shape index (κ3) is 5.82. The molecule has 3 amide bonds. The summed E-state index contributed by atoms with van der Waals surface area (Å²) >= 11 is 0. The highest BCUT2D eigenvalue weighted by atomic mass is 16.5. The number of hydrogen-bond donors (Lipinski definition) is 3. The van der Waals surface area contributed by atoms with Crippen LogP contribution in [0.25, 0.3) is 0 Å². The zero-order chi connectivity index (χ0) is 20.5. The molecule has 1 aromatic carbocycles. The van der Waals surface area contributed by atoms with E-state index in [4.69, 9.17) is 4.74 Å². The fraction of sp³-hybridized carbons (Fsp3) is 0.450. The molecule has 8 heteroatoms. The van der Waals surface area contributed by atoms with Crippen molar-refractivity contribution < 1.29 is 19.1 Å². The average molecular weight is 388 g/mol. The van der Waals surface area contributed by atoms with Gasteiger partial charge >= 0.3 is 12.0 Å². The Labute approximate surface area is 165 Å². The van der Waals surface area contributed by atoms with Crippen molar-refractivity contribution in [2.75, 3.05) is 33.3 Å². The van der Waals surface area contributed by atoms with Gasteiger partial charge in [-0.1, -0.05) is 37.3 Å². The number of rotatable bonds is 9. The van der Waals surface area contributed by atoms with Crippen molar-refractivity contribution in [1.29, 1.82) is 0 Å². The van der Waals surface area contributed by atoms with Crippen molar-refractivity contribution in [3.63, 3.8) is 0 Å². The first-order valence-electron chi connectivity index (χ1n) is 9.44. The number of likely N-dealkylation sites (N-methyl/N-ethyl adjacent to an activating group) is 1. The molecule has 1 aliphatic heterocycles. The molecule has 0 saturated heterocycles. The monoisotopic (exact) mass is 388 g/mol. The van der Waals surface area contributed by atoms with Crippen LogP contribution in [-0.2, 0) is 14.3 Å². The zero-order valence-corrected chi connectivity index (χ0v) is 16.6. The van der Waals surface area contributed by atoms with Gasteiger partial charge in [0, 0.05) is 18.8 Å². The van der Waals surface area contributed by atoms with Crippen LogP contribution in [0.1, 0.15) is 31.9 Å². The van der Waals surface area contributed by atoms with Crippen LogP contribution >= 0.6 is 0 Å². The zero-order valence-electron chi connectivity index (χ0n) is 16.6. The van der Waals surface area contributed by atoms with Gasteiger partial charge < -0.3 is 20.7 Å². The van der Waals surface area contributed by atoms with Crippen LogP contribution in [0.2, 0.25) is 0 Å². The number of esters is 1. The first-order valence-corrected chi connectivity index (χ1v) is 9.44. The molecule has 1 heterocycles. The maximum Gasteiger partial charge on any atom is 0.338 e. The van der Waals surface area contributed by atoms with E-state index in [1.165, 1.54) is 0 Å². The minimum Gasteiger partial charge on any atom is -0.463 e. The Balaban J connectivity index is 2.29. The Morgan fingerprint density at radius 2 is 1.93 bits per heavy atom. The lowest BCUT2D eigenvalue weighted by Gasteiger charge is -2.31. The second-order valence-corrected chi connectivity index (χ2v) is 6.58. The van der Waals surface area contributed by atoms with Crippen LogP contribution < -0.4 is 16.0 Å². The quantitative estimate of drug-likeness (QED) is 0.554. The lowest BCUT2D eigenvalue weighted by molar-refractivity contribution is -0.139. The molecule has 152 valence electrons. The van der Waals surface area contributed by atoms with Crippen LogP contribution in [0.4, 0.5) is 4.79 Å². The highest BCUT2D eigenvalue weighted by Gasteiger charge is 2.34. The van der Waals surface area contributed by atoms with Crippen LogP contribution in [0, 0.1) is 0 Å². The fourth-order valence-corrected chi connectivity index (χ4v) is 2.98. The van der Waals surface area contributed by atoms with Crippen molar-refractivity contribution in [3.8, 4) is 0 Å². The van der Waals surface area contributed by atoms with Gasteiger partial charge in [0.15, 0.2) is 0 Å². The first-order chi connectivity index (χ1) is 13.5. The molecular formula is C20H28N4O4. The van der Waals surface area contributed by atoms with Gasteiger partial charge in [-0.05, 0) is 26.0 Å². The van der Waals surface area contributed by atoms with Crippen LogP contribution in [0.3, 0.4) is 0 Å². The molecule has 0 spiro atoms. The molecule has 0 aliphatic carbocycles. The summed E-state index contributed by atoms with van der Waals surface area (Å²) in [7, 11) is 1.76. The molecule has 0 bridgehead atoms. The predicted molar refractivity (Wildman–Crippen MR) is 105 cm³/mol. The molecule has 28 heavy (non-hydrogen) atoms. The second-order valence-electron chi connectivity index (χ2n) is 6.58.